The molecule has 13 heavy (non-hydrogen) atoms. The molecule has 0 fully saturated rings. The van der Waals surface area contributed by atoms with Crippen molar-refractivity contribution in [3.63, 3.8) is 0 Å². The lowest BCUT2D eigenvalue weighted by Gasteiger charge is -2.08. The fraction of sp³-hybridized carbons (Fsp3) is 0.222. The number of fused-ring (bicyclic) bond motifs is 1. The number of aliphatic imine (C=N–C) groups is 1. The largest absolute Gasteiger partial charge is 0.397 e. The molecule has 0 bridgehead atoms. The number of hydrogen-bond acceptors (Lipinski definition) is 4. The quantitative estimate of drug-likeness (QED) is 0.500. The first-order chi connectivity index (χ1) is 6.24. The molecular weight excluding hydrogens is 166 g/mol. The molecule has 1 aliphatic rings. The van der Waals surface area contributed by atoms with Gasteiger partial charge < -0.3 is 16.2 Å². The maximum Gasteiger partial charge on any atom is 0.0931 e. The number of nitrogens with zero attached hydrogens (tertiary/aromatic N) is 1. The predicted octanol–water partition coefficient (Wildman–Crippen LogP) is 1.21. The molecule has 0 aromatic heterocycles. The van der Waals surface area contributed by atoms with E-state index in [9.17, 15) is 0 Å². The molecule has 4 N–H and O–H groups in total. The van der Waals surface area contributed by atoms with Crippen molar-refractivity contribution in [2.75, 3.05) is 11.5 Å². The molecule has 0 aliphatic carbocycles. The van der Waals surface area contributed by atoms with Crippen LogP contribution in [0.5, 0.6) is 0 Å². The van der Waals surface area contributed by atoms with E-state index in [1.807, 2.05) is 6.07 Å². The minimum Gasteiger partial charge on any atom is -0.397 e. The smallest absolute Gasteiger partial charge is 0.0931 e. The fourth-order valence-electron chi connectivity index (χ4n) is 1.54. The lowest BCUT2D eigenvalue weighted by molar-refractivity contribution is 0.134. The molecule has 0 atom stereocenters. The van der Waals surface area contributed by atoms with Crippen molar-refractivity contribution in [1.82, 2.24) is 0 Å². The number of nitrogens with two attached hydrogens (primary N) is 2. The lowest BCUT2D eigenvalue weighted by atomic mass is 10.1. The zero-order valence-corrected chi connectivity index (χ0v) is 7.21. The second kappa shape index (κ2) is 2.74. The number of rotatable bonds is 1. The van der Waals surface area contributed by atoms with Crippen molar-refractivity contribution in [3.8, 4) is 0 Å². The van der Waals surface area contributed by atoms with Crippen LogP contribution in [0.3, 0.4) is 0 Å². The highest BCUT2D eigenvalue weighted by Crippen LogP contribution is 2.38. The van der Waals surface area contributed by atoms with E-state index in [0.717, 1.165) is 11.1 Å². The zero-order valence-electron chi connectivity index (χ0n) is 7.21. The van der Waals surface area contributed by atoms with Crippen LogP contribution in [0.25, 0.3) is 0 Å². The van der Waals surface area contributed by atoms with Crippen LogP contribution in [0.2, 0.25) is 0 Å². The first-order valence-corrected chi connectivity index (χ1v) is 3.98. The van der Waals surface area contributed by atoms with Gasteiger partial charge in [-0.05, 0) is 18.3 Å². The molecule has 68 valence electrons. The number of ether oxygens (including phenoxy) is 1. The maximum absolute atomic E-state index is 5.75. The van der Waals surface area contributed by atoms with Gasteiger partial charge in [-0.15, -0.1) is 0 Å². The maximum atomic E-state index is 5.75. The minimum atomic E-state index is 0.499. The summed E-state index contributed by atoms with van der Waals surface area (Å²) in [5, 5.41) is 0. The van der Waals surface area contributed by atoms with Gasteiger partial charge in [0.25, 0.3) is 0 Å². The molecule has 0 amide bonds. The van der Waals surface area contributed by atoms with Crippen LogP contribution < -0.4 is 11.5 Å². The van der Waals surface area contributed by atoms with E-state index in [0.29, 0.717) is 30.3 Å². The van der Waals surface area contributed by atoms with Crippen LogP contribution in [-0.2, 0) is 18.0 Å². The highest BCUT2D eigenvalue weighted by atomic mass is 16.5. The molecule has 0 radical (unpaired) electrons. The van der Waals surface area contributed by atoms with Gasteiger partial charge in [0.05, 0.1) is 30.3 Å². The molecule has 0 saturated carbocycles. The highest BCUT2D eigenvalue weighted by molar-refractivity contribution is 5.82. The van der Waals surface area contributed by atoms with Gasteiger partial charge in [0.15, 0.2) is 0 Å². The van der Waals surface area contributed by atoms with Gasteiger partial charge >= 0.3 is 0 Å². The van der Waals surface area contributed by atoms with Crippen molar-refractivity contribution >= 4 is 23.8 Å². The summed E-state index contributed by atoms with van der Waals surface area (Å²) in [6.45, 7) is 4.60. The summed E-state index contributed by atoms with van der Waals surface area (Å²) in [5.74, 6) is 0. The predicted molar refractivity (Wildman–Crippen MR) is 53.0 cm³/mol. The lowest BCUT2D eigenvalue weighted by Crippen LogP contribution is -1.98. The van der Waals surface area contributed by atoms with E-state index in [2.05, 4.69) is 11.7 Å². The van der Waals surface area contributed by atoms with Crippen molar-refractivity contribution in [2.45, 2.75) is 13.2 Å². The number of nitrogen functional groups attached to an aromatic ring is 2. The monoisotopic (exact) mass is 177 g/mol. The zero-order chi connectivity index (χ0) is 9.42. The van der Waals surface area contributed by atoms with Gasteiger partial charge in [0, 0.05) is 5.56 Å². The molecule has 0 unspecified atom stereocenters. The van der Waals surface area contributed by atoms with Gasteiger partial charge in [-0.3, -0.25) is 4.99 Å². The summed E-state index contributed by atoms with van der Waals surface area (Å²) in [7, 11) is 0. The van der Waals surface area contributed by atoms with Crippen molar-refractivity contribution in [1.29, 1.82) is 0 Å². The molecule has 1 aliphatic heterocycles. The van der Waals surface area contributed by atoms with Gasteiger partial charge in [-0.25, -0.2) is 0 Å². The summed E-state index contributed by atoms with van der Waals surface area (Å²) in [6.07, 6.45) is 0. The van der Waals surface area contributed by atoms with E-state index >= 15 is 0 Å². The SMILES string of the molecule is C=Nc1c(N)c(N)cc2c1COC2. The van der Waals surface area contributed by atoms with Gasteiger partial charge in [-0.1, -0.05) is 0 Å². The van der Waals surface area contributed by atoms with Crippen LogP contribution in [-0.4, -0.2) is 6.72 Å². The average Bonchev–Trinajstić information content (AvgIpc) is 2.54. The number of benzene rings is 1. The Kier molecular flexibility index (Phi) is 1.70. The Morgan fingerprint density at radius 3 is 2.85 bits per heavy atom. The molecule has 2 rings (SSSR count). The number of anilines is 2. The van der Waals surface area contributed by atoms with E-state index in [4.69, 9.17) is 16.2 Å². The van der Waals surface area contributed by atoms with E-state index in [-0.39, 0.29) is 0 Å². The third-order valence-corrected chi connectivity index (χ3v) is 2.23. The van der Waals surface area contributed by atoms with Crippen LogP contribution in [0.15, 0.2) is 11.1 Å². The Morgan fingerprint density at radius 2 is 2.15 bits per heavy atom. The van der Waals surface area contributed by atoms with E-state index in [1.165, 1.54) is 0 Å². The second-order valence-electron chi connectivity index (χ2n) is 3.02. The summed E-state index contributed by atoms with van der Waals surface area (Å²) in [5.41, 5.74) is 15.3. The Balaban J connectivity index is 2.71. The third-order valence-electron chi connectivity index (χ3n) is 2.23. The molecule has 4 heteroatoms. The Labute approximate surface area is 76.2 Å². The highest BCUT2D eigenvalue weighted by Gasteiger charge is 2.18. The average molecular weight is 177 g/mol. The van der Waals surface area contributed by atoms with Crippen LogP contribution in [0, 0.1) is 0 Å². The second-order valence-corrected chi connectivity index (χ2v) is 3.02. The third kappa shape index (κ3) is 1.07. The molecule has 4 nitrogen and oxygen atoms in total. The van der Waals surface area contributed by atoms with E-state index in [1.54, 1.807) is 0 Å². The first kappa shape index (κ1) is 8.07. The Hall–Kier alpha value is -1.55. The van der Waals surface area contributed by atoms with Gasteiger partial charge in [-0.2, -0.15) is 0 Å². The summed E-state index contributed by atoms with van der Waals surface area (Å²) in [6, 6.07) is 1.84. The van der Waals surface area contributed by atoms with Crippen molar-refractivity contribution in [2.24, 2.45) is 4.99 Å². The first-order valence-electron chi connectivity index (χ1n) is 3.98. The normalized spacial score (nSPS) is 14.2. The standard InChI is InChI=1S/C9H11N3O/c1-12-9-6-4-13-3-5(6)2-7(10)8(9)11/h2H,1,3-4,10-11H2. The minimum absolute atomic E-state index is 0.499. The summed E-state index contributed by atoms with van der Waals surface area (Å²) >= 11 is 0. The molecular formula is C9H11N3O. The molecule has 1 aromatic carbocycles. The molecule has 1 aromatic rings. The fourth-order valence-corrected chi connectivity index (χ4v) is 1.54. The summed E-state index contributed by atoms with van der Waals surface area (Å²) < 4.78 is 5.27. The molecule has 0 saturated heterocycles. The molecule has 0 spiro atoms. The topological polar surface area (TPSA) is 73.6 Å². The van der Waals surface area contributed by atoms with Gasteiger partial charge in [0.2, 0.25) is 0 Å². The van der Waals surface area contributed by atoms with Crippen molar-refractivity contribution < 1.29 is 4.74 Å². The Bertz CT molecular complexity index is 374. The number of hydrogen-bond donors (Lipinski definition) is 2. The van der Waals surface area contributed by atoms with Crippen LogP contribution in [0.1, 0.15) is 11.1 Å². The Morgan fingerprint density at radius 1 is 1.38 bits per heavy atom. The van der Waals surface area contributed by atoms with Crippen molar-refractivity contribution in [3.05, 3.63) is 17.2 Å². The molecule has 1 heterocycles. The van der Waals surface area contributed by atoms with Gasteiger partial charge in [0.1, 0.15) is 0 Å². The van der Waals surface area contributed by atoms with Crippen LogP contribution in [0.4, 0.5) is 17.1 Å². The summed E-state index contributed by atoms with van der Waals surface area (Å²) in [4.78, 5) is 3.87. The van der Waals surface area contributed by atoms with E-state index < -0.39 is 0 Å². The van der Waals surface area contributed by atoms with Crippen LogP contribution >= 0.6 is 0 Å².